The third kappa shape index (κ3) is 4.03. The lowest BCUT2D eigenvalue weighted by Gasteiger charge is -2.25. The summed E-state index contributed by atoms with van der Waals surface area (Å²) in [6.45, 7) is 5.87. The van der Waals surface area contributed by atoms with Crippen molar-refractivity contribution in [1.82, 2.24) is 4.31 Å². The van der Waals surface area contributed by atoms with E-state index in [0.717, 1.165) is 5.56 Å². The molecule has 1 aliphatic heterocycles. The van der Waals surface area contributed by atoms with Crippen LogP contribution in [0.3, 0.4) is 0 Å². The lowest BCUT2D eigenvalue weighted by molar-refractivity contribution is -0.119. The van der Waals surface area contributed by atoms with Gasteiger partial charge in [0.25, 0.3) is 0 Å². The van der Waals surface area contributed by atoms with Crippen LogP contribution in [0.5, 0.6) is 0 Å². The molecule has 1 fully saturated rings. The van der Waals surface area contributed by atoms with Gasteiger partial charge in [-0.2, -0.15) is 4.31 Å². The average Bonchev–Trinajstić information content (AvgIpc) is 3.06. The molecule has 0 aliphatic carbocycles. The van der Waals surface area contributed by atoms with Crippen molar-refractivity contribution < 1.29 is 13.2 Å². The Labute approximate surface area is 165 Å². The molecular formula is C20H23ClN2O3S. The third-order valence-corrected chi connectivity index (χ3v) is 7.26. The third-order valence-electron chi connectivity index (χ3n) is 4.79. The van der Waals surface area contributed by atoms with Gasteiger partial charge in [-0.05, 0) is 69.0 Å². The average molecular weight is 407 g/mol. The van der Waals surface area contributed by atoms with Crippen LogP contribution in [0.4, 0.5) is 5.69 Å². The highest BCUT2D eigenvalue weighted by molar-refractivity contribution is 7.89. The quantitative estimate of drug-likeness (QED) is 0.832. The summed E-state index contributed by atoms with van der Waals surface area (Å²) in [4.78, 5) is 13.1. The summed E-state index contributed by atoms with van der Waals surface area (Å²) in [7, 11) is -3.76. The molecule has 0 spiro atoms. The summed E-state index contributed by atoms with van der Waals surface area (Å²) in [5.41, 5.74) is 3.02. The number of carbonyl (C=O) groups is 1. The van der Waals surface area contributed by atoms with Gasteiger partial charge >= 0.3 is 0 Å². The van der Waals surface area contributed by atoms with Gasteiger partial charge in [0.05, 0.1) is 4.90 Å². The Kier molecular flexibility index (Phi) is 5.60. The van der Waals surface area contributed by atoms with Crippen LogP contribution in [0.1, 0.15) is 29.5 Å². The lowest BCUT2D eigenvalue weighted by Crippen LogP contribution is -2.43. The molecule has 144 valence electrons. The predicted molar refractivity (Wildman–Crippen MR) is 108 cm³/mol. The van der Waals surface area contributed by atoms with Gasteiger partial charge in [0, 0.05) is 17.3 Å². The molecule has 1 N–H and O–H groups in total. The summed E-state index contributed by atoms with van der Waals surface area (Å²) < 4.78 is 28.0. The van der Waals surface area contributed by atoms with Crippen molar-refractivity contribution >= 4 is 33.2 Å². The topological polar surface area (TPSA) is 66.5 Å². The first-order valence-electron chi connectivity index (χ1n) is 8.86. The number of hydrogen-bond donors (Lipinski definition) is 1. The Morgan fingerprint density at radius 1 is 1.11 bits per heavy atom. The standard InChI is InChI=1S/C20H23ClN2O3S/c1-13-11-14(2)19(15(3)12-13)27(25,26)23-10-4-5-18(23)20(24)22-17-8-6-16(21)7-9-17/h6-9,11-12,18H,4-5,10H2,1-3H3,(H,22,24). The first kappa shape index (κ1) is 19.9. The maximum absolute atomic E-state index is 13.3. The van der Waals surface area contributed by atoms with E-state index in [2.05, 4.69) is 5.32 Å². The van der Waals surface area contributed by atoms with E-state index in [-0.39, 0.29) is 5.91 Å². The van der Waals surface area contributed by atoms with E-state index < -0.39 is 16.1 Å². The van der Waals surface area contributed by atoms with Crippen molar-refractivity contribution in [1.29, 1.82) is 0 Å². The maximum atomic E-state index is 13.3. The number of carbonyl (C=O) groups excluding carboxylic acids is 1. The highest BCUT2D eigenvalue weighted by Gasteiger charge is 2.40. The van der Waals surface area contributed by atoms with Crippen LogP contribution in [-0.2, 0) is 14.8 Å². The summed E-state index contributed by atoms with van der Waals surface area (Å²) in [5.74, 6) is -0.319. The predicted octanol–water partition coefficient (Wildman–Crippen LogP) is 4.06. The van der Waals surface area contributed by atoms with Crippen LogP contribution >= 0.6 is 11.6 Å². The van der Waals surface area contributed by atoms with Crippen LogP contribution in [0.25, 0.3) is 0 Å². The van der Waals surface area contributed by atoms with Crippen LogP contribution in [0, 0.1) is 20.8 Å². The molecule has 3 rings (SSSR count). The van der Waals surface area contributed by atoms with Gasteiger partial charge in [-0.3, -0.25) is 4.79 Å². The van der Waals surface area contributed by atoms with Gasteiger partial charge < -0.3 is 5.32 Å². The van der Waals surface area contributed by atoms with Gasteiger partial charge in [-0.25, -0.2) is 8.42 Å². The molecule has 2 aromatic carbocycles. The van der Waals surface area contributed by atoms with Gasteiger partial charge in [0.2, 0.25) is 15.9 Å². The molecule has 1 saturated heterocycles. The monoisotopic (exact) mass is 406 g/mol. The number of aryl methyl sites for hydroxylation is 3. The van der Waals surface area contributed by atoms with Crippen molar-refractivity contribution in [2.24, 2.45) is 0 Å². The van der Waals surface area contributed by atoms with E-state index in [1.165, 1.54) is 4.31 Å². The van der Waals surface area contributed by atoms with E-state index in [4.69, 9.17) is 11.6 Å². The van der Waals surface area contributed by atoms with E-state index in [1.54, 1.807) is 38.1 Å². The Balaban J connectivity index is 1.89. The highest BCUT2D eigenvalue weighted by Crippen LogP contribution is 2.31. The highest BCUT2D eigenvalue weighted by atomic mass is 35.5. The molecule has 1 aliphatic rings. The van der Waals surface area contributed by atoms with Gasteiger partial charge in [0.1, 0.15) is 6.04 Å². The van der Waals surface area contributed by atoms with Crippen LogP contribution in [0.2, 0.25) is 5.02 Å². The Bertz CT molecular complexity index is 948. The molecule has 7 heteroatoms. The minimum atomic E-state index is -3.76. The number of hydrogen-bond acceptors (Lipinski definition) is 3. The Morgan fingerprint density at radius 2 is 1.70 bits per heavy atom. The van der Waals surface area contributed by atoms with Crippen molar-refractivity contribution in [3.8, 4) is 0 Å². The minimum Gasteiger partial charge on any atom is -0.325 e. The molecule has 1 amide bonds. The zero-order valence-corrected chi connectivity index (χ0v) is 17.2. The molecule has 0 aromatic heterocycles. The van der Waals surface area contributed by atoms with Crippen molar-refractivity contribution in [3.63, 3.8) is 0 Å². The van der Waals surface area contributed by atoms with Crippen LogP contribution in [-0.4, -0.2) is 31.2 Å². The molecule has 1 unspecified atom stereocenters. The molecular weight excluding hydrogens is 384 g/mol. The number of benzene rings is 2. The van der Waals surface area contributed by atoms with Gasteiger partial charge in [-0.1, -0.05) is 29.3 Å². The lowest BCUT2D eigenvalue weighted by atomic mass is 10.1. The molecule has 2 aromatic rings. The van der Waals surface area contributed by atoms with Crippen molar-refractivity contribution in [3.05, 3.63) is 58.1 Å². The molecule has 27 heavy (non-hydrogen) atoms. The molecule has 0 saturated carbocycles. The van der Waals surface area contributed by atoms with Crippen molar-refractivity contribution in [2.45, 2.75) is 44.6 Å². The second-order valence-corrected chi connectivity index (χ2v) is 9.26. The summed E-state index contributed by atoms with van der Waals surface area (Å²) in [6.07, 6.45) is 1.16. The normalized spacial score (nSPS) is 17.9. The number of amides is 1. The second-order valence-electron chi connectivity index (χ2n) is 7.00. The van der Waals surface area contributed by atoms with E-state index in [9.17, 15) is 13.2 Å². The Hall–Kier alpha value is -1.89. The SMILES string of the molecule is Cc1cc(C)c(S(=O)(=O)N2CCCC2C(=O)Nc2ccc(Cl)cc2)c(C)c1. The number of rotatable bonds is 4. The summed E-state index contributed by atoms with van der Waals surface area (Å²) >= 11 is 5.87. The van der Waals surface area contributed by atoms with Crippen LogP contribution < -0.4 is 5.32 Å². The van der Waals surface area contributed by atoms with E-state index in [1.807, 2.05) is 19.1 Å². The maximum Gasteiger partial charge on any atom is 0.244 e. The smallest absolute Gasteiger partial charge is 0.244 e. The minimum absolute atomic E-state index is 0.305. The fourth-order valence-electron chi connectivity index (χ4n) is 3.74. The van der Waals surface area contributed by atoms with Crippen LogP contribution in [0.15, 0.2) is 41.3 Å². The van der Waals surface area contributed by atoms with E-state index in [0.29, 0.717) is 46.1 Å². The molecule has 1 atom stereocenters. The van der Waals surface area contributed by atoms with Gasteiger partial charge in [0.15, 0.2) is 0 Å². The number of halogens is 1. The largest absolute Gasteiger partial charge is 0.325 e. The number of anilines is 1. The molecule has 0 radical (unpaired) electrons. The van der Waals surface area contributed by atoms with Gasteiger partial charge in [-0.15, -0.1) is 0 Å². The number of nitrogens with one attached hydrogen (secondary N) is 1. The van der Waals surface area contributed by atoms with Crippen molar-refractivity contribution in [2.75, 3.05) is 11.9 Å². The second kappa shape index (κ2) is 7.62. The fraction of sp³-hybridized carbons (Fsp3) is 0.350. The first-order valence-corrected chi connectivity index (χ1v) is 10.7. The molecule has 1 heterocycles. The summed E-state index contributed by atoms with van der Waals surface area (Å²) in [6, 6.07) is 9.76. The molecule has 5 nitrogen and oxygen atoms in total. The Morgan fingerprint density at radius 3 is 2.30 bits per heavy atom. The molecule has 0 bridgehead atoms. The zero-order chi connectivity index (χ0) is 19.8. The fourth-order valence-corrected chi connectivity index (χ4v) is 5.94. The first-order chi connectivity index (χ1) is 12.7. The number of sulfonamides is 1. The number of nitrogens with zero attached hydrogens (tertiary/aromatic N) is 1. The van der Waals surface area contributed by atoms with E-state index >= 15 is 0 Å². The summed E-state index contributed by atoms with van der Waals surface area (Å²) in [5, 5.41) is 3.37. The zero-order valence-electron chi connectivity index (χ0n) is 15.6.